The number of hydrogen-bond acceptors (Lipinski definition) is 2. The van der Waals surface area contributed by atoms with Crippen molar-refractivity contribution in [1.29, 1.82) is 0 Å². The minimum atomic E-state index is -0.996. The maximum absolute atomic E-state index is 10.6. The molecule has 4 nitrogen and oxygen atoms in total. The van der Waals surface area contributed by atoms with E-state index in [1.165, 1.54) is 4.90 Å². The van der Waals surface area contributed by atoms with Crippen LogP contribution in [0.2, 0.25) is 0 Å². The van der Waals surface area contributed by atoms with Gasteiger partial charge in [-0.15, -0.1) is 0 Å². The summed E-state index contributed by atoms with van der Waals surface area (Å²) in [5, 5.41) is 18.9. The molecule has 1 amide bonds. The third-order valence-corrected chi connectivity index (χ3v) is 2.82. The lowest BCUT2D eigenvalue weighted by molar-refractivity contribution is -0.0902. The molecule has 15 heavy (non-hydrogen) atoms. The molecule has 4 heteroatoms. The number of benzene rings is 1. The summed E-state index contributed by atoms with van der Waals surface area (Å²) in [7, 11) is 0. The quantitative estimate of drug-likeness (QED) is 0.726. The minimum absolute atomic E-state index is 0.160. The molecule has 0 unspecified atom stereocenters. The number of amides is 1. The summed E-state index contributed by atoms with van der Waals surface area (Å²) in [6.07, 6.45) is -0.978. The molecule has 0 bridgehead atoms. The largest absolute Gasteiger partial charge is 0.465 e. The second kappa shape index (κ2) is 3.24. The minimum Gasteiger partial charge on any atom is -0.465 e. The number of aryl methyl sites for hydroxylation is 1. The summed E-state index contributed by atoms with van der Waals surface area (Å²) in [6.45, 7) is 2.23. The van der Waals surface area contributed by atoms with Crippen LogP contribution in [0.15, 0.2) is 24.3 Å². The molecule has 2 rings (SSSR count). The van der Waals surface area contributed by atoms with Crippen molar-refractivity contribution >= 4 is 6.09 Å². The Morgan fingerprint density at radius 1 is 1.40 bits per heavy atom. The normalized spacial score (nSPS) is 18.4. The standard InChI is InChI=1S/C11H13NO3/c1-8-4-2-3-5-9(8)11(15)6-12(7-11)10(13)14/h2-5,15H,6-7H2,1H3,(H,13,14). The third-order valence-electron chi connectivity index (χ3n) is 2.82. The fourth-order valence-corrected chi connectivity index (χ4v) is 1.99. The molecule has 0 radical (unpaired) electrons. The summed E-state index contributed by atoms with van der Waals surface area (Å²) < 4.78 is 0. The van der Waals surface area contributed by atoms with Crippen LogP contribution in [0, 0.1) is 6.92 Å². The van der Waals surface area contributed by atoms with Crippen LogP contribution in [0.3, 0.4) is 0 Å². The second-order valence-electron chi connectivity index (χ2n) is 3.99. The van der Waals surface area contributed by atoms with E-state index in [0.29, 0.717) is 0 Å². The van der Waals surface area contributed by atoms with Crippen LogP contribution in [0.4, 0.5) is 4.79 Å². The number of rotatable bonds is 1. The predicted molar refractivity (Wildman–Crippen MR) is 54.7 cm³/mol. The predicted octanol–water partition coefficient (Wildman–Crippen LogP) is 1.18. The van der Waals surface area contributed by atoms with Gasteiger partial charge in [-0.2, -0.15) is 0 Å². The van der Waals surface area contributed by atoms with Crippen molar-refractivity contribution in [3.8, 4) is 0 Å². The Kier molecular flexibility index (Phi) is 2.16. The van der Waals surface area contributed by atoms with E-state index < -0.39 is 11.7 Å². The number of β-amino-alcohol motifs (C(OH)–C–C–N with tert-alkyl or cyclic N) is 1. The first kappa shape index (κ1) is 9.98. The van der Waals surface area contributed by atoms with Crippen LogP contribution < -0.4 is 0 Å². The maximum Gasteiger partial charge on any atom is 0.407 e. The maximum atomic E-state index is 10.6. The zero-order valence-electron chi connectivity index (χ0n) is 8.47. The van der Waals surface area contributed by atoms with E-state index in [0.717, 1.165) is 11.1 Å². The number of carbonyl (C=O) groups is 1. The van der Waals surface area contributed by atoms with Gasteiger partial charge in [0.1, 0.15) is 5.60 Å². The Morgan fingerprint density at radius 2 is 2.00 bits per heavy atom. The Hall–Kier alpha value is -1.55. The molecular weight excluding hydrogens is 194 g/mol. The van der Waals surface area contributed by atoms with Crippen LogP contribution >= 0.6 is 0 Å². The van der Waals surface area contributed by atoms with Gasteiger partial charge >= 0.3 is 6.09 Å². The van der Waals surface area contributed by atoms with E-state index in [-0.39, 0.29) is 13.1 Å². The summed E-state index contributed by atoms with van der Waals surface area (Å²) in [6, 6.07) is 7.50. The molecule has 1 aliphatic rings. The summed E-state index contributed by atoms with van der Waals surface area (Å²) in [5.41, 5.74) is 0.816. The van der Waals surface area contributed by atoms with Crippen molar-refractivity contribution in [3.05, 3.63) is 35.4 Å². The van der Waals surface area contributed by atoms with E-state index in [1.807, 2.05) is 31.2 Å². The highest BCUT2D eigenvalue weighted by Crippen LogP contribution is 2.33. The fraction of sp³-hybridized carbons (Fsp3) is 0.364. The smallest absolute Gasteiger partial charge is 0.407 e. The van der Waals surface area contributed by atoms with Crippen LogP contribution in [-0.4, -0.2) is 34.3 Å². The fourth-order valence-electron chi connectivity index (χ4n) is 1.99. The summed E-state index contributed by atoms with van der Waals surface area (Å²) in [5.74, 6) is 0. The van der Waals surface area contributed by atoms with Crippen LogP contribution in [0.5, 0.6) is 0 Å². The van der Waals surface area contributed by atoms with Crippen molar-refractivity contribution in [2.45, 2.75) is 12.5 Å². The molecular formula is C11H13NO3. The zero-order chi connectivity index (χ0) is 11.1. The molecule has 1 fully saturated rings. The average Bonchev–Trinajstić information content (AvgIpc) is 2.13. The molecule has 0 saturated carbocycles. The Balaban J connectivity index is 2.20. The van der Waals surface area contributed by atoms with Gasteiger partial charge in [0.05, 0.1) is 13.1 Å². The van der Waals surface area contributed by atoms with Gasteiger partial charge in [-0.3, -0.25) is 0 Å². The van der Waals surface area contributed by atoms with Gasteiger partial charge in [0, 0.05) is 0 Å². The lowest BCUT2D eigenvalue weighted by Gasteiger charge is -2.45. The topological polar surface area (TPSA) is 60.8 Å². The van der Waals surface area contributed by atoms with Gasteiger partial charge in [-0.25, -0.2) is 4.79 Å². The van der Waals surface area contributed by atoms with Gasteiger partial charge in [0.25, 0.3) is 0 Å². The highest BCUT2D eigenvalue weighted by molar-refractivity contribution is 5.67. The zero-order valence-corrected chi connectivity index (χ0v) is 8.47. The molecule has 0 aromatic heterocycles. The monoisotopic (exact) mass is 207 g/mol. The first-order valence-corrected chi connectivity index (χ1v) is 4.79. The van der Waals surface area contributed by atoms with Crippen LogP contribution in [0.1, 0.15) is 11.1 Å². The molecule has 1 aromatic carbocycles. The first-order chi connectivity index (χ1) is 7.03. The van der Waals surface area contributed by atoms with Gasteiger partial charge < -0.3 is 15.1 Å². The number of carboxylic acid groups (broad SMARTS) is 1. The lowest BCUT2D eigenvalue weighted by Crippen LogP contribution is -2.61. The number of nitrogens with zero attached hydrogens (tertiary/aromatic N) is 1. The van der Waals surface area contributed by atoms with E-state index in [9.17, 15) is 9.90 Å². The second-order valence-corrected chi connectivity index (χ2v) is 3.99. The van der Waals surface area contributed by atoms with Crippen molar-refractivity contribution in [2.75, 3.05) is 13.1 Å². The molecule has 0 spiro atoms. The Labute approximate surface area is 87.8 Å². The molecule has 0 atom stereocenters. The number of likely N-dealkylation sites (tertiary alicyclic amines) is 1. The average molecular weight is 207 g/mol. The molecule has 1 saturated heterocycles. The molecule has 80 valence electrons. The third kappa shape index (κ3) is 1.57. The van der Waals surface area contributed by atoms with Gasteiger partial charge in [0.2, 0.25) is 0 Å². The summed E-state index contributed by atoms with van der Waals surface area (Å²) >= 11 is 0. The SMILES string of the molecule is Cc1ccccc1C1(O)CN(C(=O)O)C1. The number of aliphatic hydroxyl groups is 1. The highest BCUT2D eigenvalue weighted by atomic mass is 16.4. The van der Waals surface area contributed by atoms with E-state index in [4.69, 9.17) is 5.11 Å². The van der Waals surface area contributed by atoms with Gasteiger partial charge in [0.15, 0.2) is 0 Å². The van der Waals surface area contributed by atoms with Crippen LogP contribution in [-0.2, 0) is 5.60 Å². The Morgan fingerprint density at radius 3 is 2.53 bits per heavy atom. The van der Waals surface area contributed by atoms with Crippen molar-refractivity contribution in [1.82, 2.24) is 4.90 Å². The lowest BCUT2D eigenvalue weighted by atomic mass is 9.84. The molecule has 0 aliphatic carbocycles. The first-order valence-electron chi connectivity index (χ1n) is 4.79. The molecule has 1 aliphatic heterocycles. The molecule has 1 heterocycles. The van der Waals surface area contributed by atoms with E-state index in [1.54, 1.807) is 0 Å². The van der Waals surface area contributed by atoms with E-state index in [2.05, 4.69) is 0 Å². The van der Waals surface area contributed by atoms with E-state index >= 15 is 0 Å². The van der Waals surface area contributed by atoms with Crippen molar-refractivity contribution < 1.29 is 15.0 Å². The molecule has 2 N–H and O–H groups in total. The number of hydrogen-bond donors (Lipinski definition) is 2. The van der Waals surface area contributed by atoms with Gasteiger partial charge in [-0.05, 0) is 18.1 Å². The van der Waals surface area contributed by atoms with Gasteiger partial charge in [-0.1, -0.05) is 24.3 Å². The Bertz CT molecular complexity index is 397. The summed E-state index contributed by atoms with van der Waals surface area (Å²) in [4.78, 5) is 11.8. The van der Waals surface area contributed by atoms with Crippen molar-refractivity contribution in [3.63, 3.8) is 0 Å². The molecule has 1 aromatic rings. The highest BCUT2D eigenvalue weighted by Gasteiger charge is 2.45. The van der Waals surface area contributed by atoms with Crippen LogP contribution in [0.25, 0.3) is 0 Å². The van der Waals surface area contributed by atoms with Crippen molar-refractivity contribution in [2.24, 2.45) is 0 Å².